The first-order chi connectivity index (χ1) is 12.7. The van der Waals surface area contributed by atoms with Crippen LogP contribution >= 0.6 is 0 Å². The van der Waals surface area contributed by atoms with Gasteiger partial charge in [0.1, 0.15) is 17.4 Å². The van der Waals surface area contributed by atoms with Crippen molar-refractivity contribution in [3.8, 4) is 5.75 Å². The molecular weight excluding hydrogens is 331 g/mol. The lowest BCUT2D eigenvalue weighted by molar-refractivity contribution is 0.342. The summed E-state index contributed by atoms with van der Waals surface area (Å²) in [5.74, 6) is 1.58. The molecule has 2 aromatic carbocycles. The third-order valence-corrected chi connectivity index (χ3v) is 3.70. The number of anilines is 3. The first kappa shape index (κ1) is 17.7. The average molecular weight is 352 g/mol. The number of hydrogen-bond donors (Lipinski definition) is 2. The van der Waals surface area contributed by atoms with Gasteiger partial charge < -0.3 is 15.4 Å². The second kappa shape index (κ2) is 8.29. The van der Waals surface area contributed by atoms with Gasteiger partial charge in [-0.1, -0.05) is 30.3 Å². The summed E-state index contributed by atoms with van der Waals surface area (Å²) in [4.78, 5) is 8.83. The Kier molecular flexibility index (Phi) is 5.63. The molecule has 0 unspecified atom stereocenters. The molecule has 0 aliphatic carbocycles. The molecule has 1 aromatic heterocycles. The maximum atomic E-state index is 13.7. The Hall–Kier alpha value is -3.15. The van der Waals surface area contributed by atoms with Crippen LogP contribution in [0, 0.1) is 12.7 Å². The number of nitrogens with zero attached hydrogens (tertiary/aromatic N) is 2. The van der Waals surface area contributed by atoms with Crippen molar-refractivity contribution in [2.45, 2.75) is 20.4 Å². The molecule has 26 heavy (non-hydrogen) atoms. The van der Waals surface area contributed by atoms with Gasteiger partial charge in [-0.05, 0) is 32.0 Å². The van der Waals surface area contributed by atoms with Gasteiger partial charge >= 0.3 is 0 Å². The van der Waals surface area contributed by atoms with Crippen molar-refractivity contribution in [1.82, 2.24) is 9.97 Å². The van der Waals surface area contributed by atoms with E-state index in [1.54, 1.807) is 18.2 Å². The fraction of sp³-hybridized carbons (Fsp3) is 0.200. The van der Waals surface area contributed by atoms with Crippen molar-refractivity contribution in [3.05, 3.63) is 71.7 Å². The van der Waals surface area contributed by atoms with Crippen molar-refractivity contribution in [2.75, 3.05) is 17.2 Å². The van der Waals surface area contributed by atoms with Gasteiger partial charge in [0, 0.05) is 23.9 Å². The quantitative estimate of drug-likeness (QED) is 0.647. The highest BCUT2D eigenvalue weighted by molar-refractivity contribution is 5.64. The van der Waals surface area contributed by atoms with Crippen LogP contribution in [0.3, 0.4) is 0 Å². The number of benzene rings is 2. The lowest BCUT2D eigenvalue weighted by atomic mass is 10.2. The van der Waals surface area contributed by atoms with Crippen LogP contribution in [0.25, 0.3) is 0 Å². The Morgan fingerprint density at radius 3 is 2.62 bits per heavy atom. The van der Waals surface area contributed by atoms with Gasteiger partial charge in [-0.3, -0.25) is 0 Å². The van der Waals surface area contributed by atoms with Crippen LogP contribution in [0.5, 0.6) is 5.75 Å². The number of halogens is 1. The molecule has 2 N–H and O–H groups in total. The van der Waals surface area contributed by atoms with Gasteiger partial charge in [0.2, 0.25) is 5.95 Å². The molecule has 0 saturated carbocycles. The minimum Gasteiger partial charge on any atom is -0.492 e. The number of nitrogens with one attached hydrogen (secondary N) is 2. The highest BCUT2D eigenvalue weighted by Gasteiger charge is 2.07. The van der Waals surface area contributed by atoms with Crippen molar-refractivity contribution in [3.63, 3.8) is 0 Å². The fourth-order valence-corrected chi connectivity index (χ4v) is 2.52. The van der Waals surface area contributed by atoms with Crippen LogP contribution < -0.4 is 15.4 Å². The Morgan fingerprint density at radius 2 is 1.81 bits per heavy atom. The molecule has 0 aliphatic rings. The van der Waals surface area contributed by atoms with Crippen LogP contribution in [0.2, 0.25) is 0 Å². The number of aryl methyl sites for hydroxylation is 1. The Bertz CT molecular complexity index is 885. The van der Waals surface area contributed by atoms with E-state index in [9.17, 15) is 4.39 Å². The molecule has 0 radical (unpaired) electrons. The summed E-state index contributed by atoms with van der Waals surface area (Å²) in [6.07, 6.45) is 0. The van der Waals surface area contributed by atoms with Crippen molar-refractivity contribution < 1.29 is 9.13 Å². The lowest BCUT2D eigenvalue weighted by Crippen LogP contribution is -2.07. The molecule has 3 rings (SSSR count). The van der Waals surface area contributed by atoms with Gasteiger partial charge in [-0.2, -0.15) is 4.98 Å². The van der Waals surface area contributed by atoms with Crippen LogP contribution in [0.4, 0.5) is 21.8 Å². The molecule has 5 nitrogen and oxygen atoms in total. The maximum absolute atomic E-state index is 13.7. The Morgan fingerprint density at radius 1 is 1.04 bits per heavy atom. The van der Waals surface area contributed by atoms with Gasteiger partial charge in [-0.25, -0.2) is 9.37 Å². The van der Waals surface area contributed by atoms with Gasteiger partial charge in [-0.15, -0.1) is 0 Å². The molecule has 0 spiro atoms. The van der Waals surface area contributed by atoms with Crippen LogP contribution in [-0.2, 0) is 6.54 Å². The summed E-state index contributed by atoms with van der Waals surface area (Å²) in [6, 6.07) is 16.2. The number of hydrogen-bond acceptors (Lipinski definition) is 5. The van der Waals surface area contributed by atoms with Crippen LogP contribution in [0.15, 0.2) is 54.6 Å². The highest BCUT2D eigenvalue weighted by Crippen LogP contribution is 2.27. The molecule has 0 saturated heterocycles. The Labute approximate surface area is 152 Å². The molecule has 0 bridgehead atoms. The summed E-state index contributed by atoms with van der Waals surface area (Å²) < 4.78 is 19.4. The van der Waals surface area contributed by atoms with Crippen LogP contribution in [0.1, 0.15) is 18.2 Å². The fourth-order valence-electron chi connectivity index (χ4n) is 2.52. The number of aromatic nitrogens is 2. The molecule has 0 atom stereocenters. The monoisotopic (exact) mass is 352 g/mol. The highest BCUT2D eigenvalue weighted by atomic mass is 19.1. The third kappa shape index (κ3) is 4.47. The maximum Gasteiger partial charge on any atom is 0.225 e. The van der Waals surface area contributed by atoms with E-state index in [0.29, 0.717) is 30.5 Å². The van der Waals surface area contributed by atoms with Crippen molar-refractivity contribution in [2.24, 2.45) is 0 Å². The summed E-state index contributed by atoms with van der Waals surface area (Å²) in [5, 5.41) is 6.33. The molecule has 0 aliphatic heterocycles. The third-order valence-electron chi connectivity index (χ3n) is 3.70. The molecule has 6 heteroatoms. The van der Waals surface area contributed by atoms with E-state index >= 15 is 0 Å². The summed E-state index contributed by atoms with van der Waals surface area (Å²) in [5.41, 5.74) is 2.19. The Balaban J connectivity index is 1.77. The normalized spacial score (nSPS) is 10.4. The average Bonchev–Trinajstić information content (AvgIpc) is 2.62. The zero-order valence-corrected chi connectivity index (χ0v) is 14.8. The zero-order chi connectivity index (χ0) is 18.4. The summed E-state index contributed by atoms with van der Waals surface area (Å²) >= 11 is 0. The standard InChI is InChI=1S/C20H21FN4O/c1-3-26-18-11-7-6-10-17(18)24-19-12-14(2)23-20(25-19)22-13-15-8-4-5-9-16(15)21/h4-12H,3,13H2,1-2H3,(H2,22,23,24,25). The smallest absolute Gasteiger partial charge is 0.225 e. The second-order valence-electron chi connectivity index (χ2n) is 5.72. The molecule has 3 aromatic rings. The molecule has 0 fully saturated rings. The number of para-hydroxylation sites is 2. The largest absolute Gasteiger partial charge is 0.492 e. The SMILES string of the molecule is CCOc1ccccc1Nc1cc(C)nc(NCc2ccccc2F)n1. The summed E-state index contributed by atoms with van der Waals surface area (Å²) in [7, 11) is 0. The van der Waals surface area contributed by atoms with Crippen molar-refractivity contribution in [1.29, 1.82) is 0 Å². The predicted molar refractivity (Wildman–Crippen MR) is 101 cm³/mol. The summed E-state index contributed by atoms with van der Waals surface area (Å²) in [6.45, 7) is 4.72. The second-order valence-corrected chi connectivity index (χ2v) is 5.72. The molecular formula is C20H21FN4O. The van der Waals surface area contributed by atoms with E-state index in [1.165, 1.54) is 6.07 Å². The van der Waals surface area contributed by atoms with E-state index < -0.39 is 0 Å². The predicted octanol–water partition coefficient (Wildman–Crippen LogP) is 4.68. The number of rotatable bonds is 7. The first-order valence-electron chi connectivity index (χ1n) is 8.47. The van der Waals surface area contributed by atoms with E-state index in [0.717, 1.165) is 17.1 Å². The van der Waals surface area contributed by atoms with Gasteiger partial charge in [0.25, 0.3) is 0 Å². The molecule has 1 heterocycles. The molecule has 134 valence electrons. The van der Waals surface area contributed by atoms with Gasteiger partial charge in [0.15, 0.2) is 0 Å². The van der Waals surface area contributed by atoms with E-state index in [2.05, 4.69) is 20.6 Å². The topological polar surface area (TPSA) is 59.1 Å². The molecule has 0 amide bonds. The first-order valence-corrected chi connectivity index (χ1v) is 8.47. The minimum absolute atomic E-state index is 0.253. The van der Waals surface area contributed by atoms with Crippen molar-refractivity contribution >= 4 is 17.5 Å². The van der Waals surface area contributed by atoms with Crippen LogP contribution in [-0.4, -0.2) is 16.6 Å². The van der Waals surface area contributed by atoms with E-state index in [4.69, 9.17) is 4.74 Å². The minimum atomic E-state index is -0.253. The van der Waals surface area contributed by atoms with Gasteiger partial charge in [0.05, 0.1) is 12.3 Å². The lowest BCUT2D eigenvalue weighted by Gasteiger charge is -2.13. The van der Waals surface area contributed by atoms with E-state index in [-0.39, 0.29) is 5.82 Å². The van der Waals surface area contributed by atoms with E-state index in [1.807, 2.05) is 44.2 Å². The number of ether oxygens (including phenoxy) is 1. The zero-order valence-electron chi connectivity index (χ0n) is 14.8.